The van der Waals surface area contributed by atoms with Gasteiger partial charge in [0, 0.05) is 7.11 Å². The van der Waals surface area contributed by atoms with Gasteiger partial charge in [-0.25, -0.2) is 0 Å². The van der Waals surface area contributed by atoms with Crippen LogP contribution in [0.3, 0.4) is 0 Å². The lowest BCUT2D eigenvalue weighted by atomic mass is 9.84. The average Bonchev–Trinajstić information content (AvgIpc) is 2.12. The number of ether oxygens (including phenoxy) is 1. The van der Waals surface area contributed by atoms with Gasteiger partial charge < -0.3 is 4.74 Å². The van der Waals surface area contributed by atoms with Gasteiger partial charge in [-0.3, -0.25) is 0 Å². The molecule has 1 nitrogen and oxygen atoms in total. The summed E-state index contributed by atoms with van der Waals surface area (Å²) in [6.07, 6.45) is 4.10. The average molecular weight is 172 g/mol. The lowest BCUT2D eigenvalue weighted by Gasteiger charge is -2.28. The van der Waals surface area contributed by atoms with E-state index in [2.05, 4.69) is 27.7 Å². The highest BCUT2D eigenvalue weighted by Crippen LogP contribution is 2.25. The summed E-state index contributed by atoms with van der Waals surface area (Å²) >= 11 is 0. The molecule has 0 aliphatic heterocycles. The summed E-state index contributed by atoms with van der Waals surface area (Å²) in [5.41, 5.74) is 0. The molecule has 0 fully saturated rings. The second-order valence-corrected chi connectivity index (χ2v) is 3.64. The maximum Gasteiger partial charge on any atom is 0.0599 e. The molecule has 0 amide bonds. The van der Waals surface area contributed by atoms with Crippen LogP contribution >= 0.6 is 0 Å². The van der Waals surface area contributed by atoms with Crippen LogP contribution in [0, 0.1) is 11.8 Å². The third kappa shape index (κ3) is 3.14. The van der Waals surface area contributed by atoms with E-state index >= 15 is 0 Å². The Morgan fingerprint density at radius 2 is 1.58 bits per heavy atom. The van der Waals surface area contributed by atoms with E-state index in [0.717, 1.165) is 18.3 Å². The zero-order valence-electron chi connectivity index (χ0n) is 9.26. The second kappa shape index (κ2) is 6.47. The molecule has 0 aromatic carbocycles. The topological polar surface area (TPSA) is 9.23 Å². The highest BCUT2D eigenvalue weighted by molar-refractivity contribution is 4.72. The van der Waals surface area contributed by atoms with Gasteiger partial charge in [-0.1, -0.05) is 40.5 Å². The monoisotopic (exact) mass is 172 g/mol. The zero-order chi connectivity index (χ0) is 9.56. The number of rotatable bonds is 6. The molecule has 0 N–H and O–H groups in total. The Morgan fingerprint density at radius 1 is 1.00 bits per heavy atom. The SMILES string of the molecule is CCC(C)C(CC)C(CC)OC. The summed E-state index contributed by atoms with van der Waals surface area (Å²) in [6, 6.07) is 0. The van der Waals surface area contributed by atoms with E-state index in [1.54, 1.807) is 0 Å². The standard InChI is InChI=1S/C11H24O/c1-6-9(4)10(7-2)11(8-3)12-5/h9-11H,6-8H2,1-5H3. The van der Waals surface area contributed by atoms with Crippen molar-refractivity contribution in [3.8, 4) is 0 Å². The van der Waals surface area contributed by atoms with Crippen LogP contribution in [0.1, 0.15) is 47.0 Å². The lowest BCUT2D eigenvalue weighted by molar-refractivity contribution is 0.0247. The van der Waals surface area contributed by atoms with Crippen molar-refractivity contribution in [3.63, 3.8) is 0 Å². The van der Waals surface area contributed by atoms with Crippen LogP contribution in [0.5, 0.6) is 0 Å². The highest BCUT2D eigenvalue weighted by Gasteiger charge is 2.22. The summed E-state index contributed by atoms with van der Waals surface area (Å²) in [5.74, 6) is 1.53. The van der Waals surface area contributed by atoms with Crippen molar-refractivity contribution < 1.29 is 4.74 Å². The molecule has 74 valence electrons. The van der Waals surface area contributed by atoms with Crippen LogP contribution in [0.25, 0.3) is 0 Å². The molecule has 0 rings (SSSR count). The molecule has 0 bridgehead atoms. The van der Waals surface area contributed by atoms with Gasteiger partial charge in [0.2, 0.25) is 0 Å². The van der Waals surface area contributed by atoms with Gasteiger partial charge in [0.05, 0.1) is 6.10 Å². The predicted octanol–water partition coefficient (Wildman–Crippen LogP) is 3.48. The molecule has 3 atom stereocenters. The molecule has 0 aliphatic rings. The van der Waals surface area contributed by atoms with E-state index in [0.29, 0.717) is 6.10 Å². The van der Waals surface area contributed by atoms with Crippen LogP contribution in [-0.4, -0.2) is 13.2 Å². The molecule has 0 spiro atoms. The molecular formula is C11H24O. The molecule has 0 aliphatic carbocycles. The maximum atomic E-state index is 5.48. The van der Waals surface area contributed by atoms with Gasteiger partial charge in [0.15, 0.2) is 0 Å². The van der Waals surface area contributed by atoms with Gasteiger partial charge in [-0.05, 0) is 18.3 Å². The van der Waals surface area contributed by atoms with Gasteiger partial charge >= 0.3 is 0 Å². The summed E-state index contributed by atoms with van der Waals surface area (Å²) in [5, 5.41) is 0. The zero-order valence-corrected chi connectivity index (χ0v) is 9.26. The van der Waals surface area contributed by atoms with Gasteiger partial charge in [-0.2, -0.15) is 0 Å². The summed E-state index contributed by atoms with van der Waals surface area (Å²) in [7, 11) is 1.83. The van der Waals surface area contributed by atoms with Crippen LogP contribution in [0.15, 0.2) is 0 Å². The van der Waals surface area contributed by atoms with E-state index in [4.69, 9.17) is 4.74 Å². The van der Waals surface area contributed by atoms with Crippen molar-refractivity contribution in [1.82, 2.24) is 0 Å². The minimum atomic E-state index is 0.463. The van der Waals surface area contributed by atoms with Gasteiger partial charge in [0.1, 0.15) is 0 Å². The molecule has 1 heteroatoms. The third-order valence-corrected chi connectivity index (χ3v) is 3.03. The first-order chi connectivity index (χ1) is 5.71. The van der Waals surface area contributed by atoms with E-state index in [1.165, 1.54) is 12.8 Å². The fraction of sp³-hybridized carbons (Fsp3) is 1.00. The van der Waals surface area contributed by atoms with Gasteiger partial charge in [0.25, 0.3) is 0 Å². The normalized spacial score (nSPS) is 18.8. The molecule has 0 aromatic rings. The maximum absolute atomic E-state index is 5.48. The smallest absolute Gasteiger partial charge is 0.0599 e. The van der Waals surface area contributed by atoms with Crippen molar-refractivity contribution in [2.75, 3.05) is 7.11 Å². The first-order valence-electron chi connectivity index (χ1n) is 5.23. The fourth-order valence-corrected chi connectivity index (χ4v) is 1.98. The van der Waals surface area contributed by atoms with Crippen LogP contribution in [0.2, 0.25) is 0 Å². The third-order valence-electron chi connectivity index (χ3n) is 3.03. The molecule has 0 saturated heterocycles. The lowest BCUT2D eigenvalue weighted by Crippen LogP contribution is -2.26. The first-order valence-corrected chi connectivity index (χ1v) is 5.23. The largest absolute Gasteiger partial charge is 0.381 e. The van der Waals surface area contributed by atoms with Crippen molar-refractivity contribution >= 4 is 0 Å². The molecule has 0 saturated carbocycles. The Morgan fingerprint density at radius 3 is 1.83 bits per heavy atom. The minimum absolute atomic E-state index is 0.463. The summed E-state index contributed by atoms with van der Waals surface area (Å²) < 4.78 is 5.48. The Labute approximate surface area is 77.5 Å². The summed E-state index contributed by atoms with van der Waals surface area (Å²) in [4.78, 5) is 0. The van der Waals surface area contributed by atoms with Crippen LogP contribution in [0.4, 0.5) is 0 Å². The van der Waals surface area contributed by atoms with E-state index < -0.39 is 0 Å². The van der Waals surface area contributed by atoms with Crippen molar-refractivity contribution in [2.45, 2.75) is 53.1 Å². The summed E-state index contributed by atoms with van der Waals surface area (Å²) in [6.45, 7) is 9.06. The Kier molecular flexibility index (Phi) is 6.45. The fourth-order valence-electron chi connectivity index (χ4n) is 1.98. The second-order valence-electron chi connectivity index (χ2n) is 3.64. The molecule has 0 aromatic heterocycles. The van der Waals surface area contributed by atoms with Crippen molar-refractivity contribution in [1.29, 1.82) is 0 Å². The van der Waals surface area contributed by atoms with Crippen molar-refractivity contribution in [3.05, 3.63) is 0 Å². The van der Waals surface area contributed by atoms with Crippen LogP contribution in [-0.2, 0) is 4.74 Å². The minimum Gasteiger partial charge on any atom is -0.381 e. The first kappa shape index (κ1) is 12.0. The molecule has 0 heterocycles. The Balaban J connectivity index is 4.09. The van der Waals surface area contributed by atoms with E-state index in [1.807, 2.05) is 7.11 Å². The number of hydrogen-bond donors (Lipinski definition) is 0. The highest BCUT2D eigenvalue weighted by atomic mass is 16.5. The molecule has 12 heavy (non-hydrogen) atoms. The predicted molar refractivity (Wildman–Crippen MR) is 54.3 cm³/mol. The number of hydrogen-bond acceptors (Lipinski definition) is 1. The molecular weight excluding hydrogens is 148 g/mol. The van der Waals surface area contributed by atoms with Crippen LogP contribution < -0.4 is 0 Å². The number of methoxy groups -OCH3 is 1. The van der Waals surface area contributed by atoms with Crippen molar-refractivity contribution in [2.24, 2.45) is 11.8 Å². The van der Waals surface area contributed by atoms with Gasteiger partial charge in [-0.15, -0.1) is 0 Å². The Hall–Kier alpha value is -0.0400. The van der Waals surface area contributed by atoms with E-state index in [-0.39, 0.29) is 0 Å². The quantitative estimate of drug-likeness (QED) is 0.596. The molecule has 0 radical (unpaired) electrons. The molecule has 3 unspecified atom stereocenters. The Bertz CT molecular complexity index is 97.2. The van der Waals surface area contributed by atoms with E-state index in [9.17, 15) is 0 Å².